The number of anilines is 1. The molecule has 1 fully saturated rings. The lowest BCUT2D eigenvalue weighted by Crippen LogP contribution is -2.40. The van der Waals surface area contributed by atoms with Gasteiger partial charge in [0.1, 0.15) is 0 Å². The Balaban J connectivity index is 2.20. The van der Waals surface area contributed by atoms with Gasteiger partial charge in [0.25, 0.3) is 11.1 Å². The minimum atomic E-state index is -0.303. The Labute approximate surface area is 95.6 Å². The van der Waals surface area contributed by atoms with Crippen molar-refractivity contribution in [3.05, 3.63) is 38.9 Å². The van der Waals surface area contributed by atoms with Gasteiger partial charge in [-0.15, -0.1) is 0 Å². The number of nitrogens with one attached hydrogen (secondary N) is 3. The predicted molar refractivity (Wildman–Crippen MR) is 63.4 cm³/mol. The maximum atomic E-state index is 11.7. The lowest BCUT2D eigenvalue weighted by atomic mass is 10.1. The molecule has 0 bridgehead atoms. The molecule has 0 aliphatic carbocycles. The van der Waals surface area contributed by atoms with Gasteiger partial charge >= 0.3 is 0 Å². The molecular weight excluding hydrogens is 222 g/mol. The van der Waals surface area contributed by atoms with Crippen LogP contribution >= 0.6 is 0 Å². The summed E-state index contributed by atoms with van der Waals surface area (Å²) in [6.07, 6.45) is 0. The second-order valence-electron chi connectivity index (χ2n) is 4.02. The predicted octanol–water partition coefficient (Wildman–Crippen LogP) is 0.0271. The van der Waals surface area contributed by atoms with Crippen molar-refractivity contribution in [3.63, 3.8) is 0 Å². The molecule has 1 aliphatic rings. The van der Waals surface area contributed by atoms with Crippen LogP contribution in [0.25, 0.3) is 10.8 Å². The van der Waals surface area contributed by atoms with Gasteiger partial charge in [0, 0.05) is 5.69 Å². The Kier molecular flexibility index (Phi) is 2.22. The van der Waals surface area contributed by atoms with Gasteiger partial charge in [0.2, 0.25) is 0 Å². The minimum Gasteiger partial charge on any atom is -0.377 e. The second kappa shape index (κ2) is 3.74. The van der Waals surface area contributed by atoms with Gasteiger partial charge in [-0.25, -0.2) is 0 Å². The molecule has 0 spiro atoms. The summed E-state index contributed by atoms with van der Waals surface area (Å²) in [5, 5.41) is 8.60. The van der Waals surface area contributed by atoms with Gasteiger partial charge < -0.3 is 10.1 Å². The second-order valence-corrected chi connectivity index (χ2v) is 4.02. The molecule has 6 heteroatoms. The zero-order valence-electron chi connectivity index (χ0n) is 8.95. The van der Waals surface area contributed by atoms with Crippen molar-refractivity contribution in [2.24, 2.45) is 0 Å². The number of benzene rings is 1. The first-order valence-corrected chi connectivity index (χ1v) is 5.33. The SMILES string of the molecule is O=c1[nH][nH]c(=O)c2c(NC3COC3)cccc12. The van der Waals surface area contributed by atoms with E-state index < -0.39 is 0 Å². The third-order valence-electron chi connectivity index (χ3n) is 2.82. The lowest BCUT2D eigenvalue weighted by molar-refractivity contribution is 0.0211. The molecule has 0 atom stereocenters. The van der Waals surface area contributed by atoms with Crippen LogP contribution in [0.4, 0.5) is 5.69 Å². The fourth-order valence-corrected chi connectivity index (χ4v) is 1.89. The highest BCUT2D eigenvalue weighted by molar-refractivity contribution is 5.92. The summed E-state index contributed by atoms with van der Waals surface area (Å²) in [4.78, 5) is 23.3. The molecule has 0 unspecified atom stereocenters. The third kappa shape index (κ3) is 1.62. The number of fused-ring (bicyclic) bond motifs is 1. The number of rotatable bonds is 2. The molecule has 2 aromatic rings. The van der Waals surface area contributed by atoms with E-state index >= 15 is 0 Å². The molecule has 1 aliphatic heterocycles. The summed E-state index contributed by atoms with van der Waals surface area (Å²) in [5.74, 6) is 0. The first-order valence-electron chi connectivity index (χ1n) is 5.33. The smallest absolute Gasteiger partial charge is 0.272 e. The van der Waals surface area contributed by atoms with E-state index in [4.69, 9.17) is 4.74 Å². The van der Waals surface area contributed by atoms with E-state index in [-0.39, 0.29) is 17.2 Å². The van der Waals surface area contributed by atoms with Crippen molar-refractivity contribution in [1.29, 1.82) is 0 Å². The molecule has 88 valence electrons. The highest BCUT2D eigenvalue weighted by Crippen LogP contribution is 2.19. The van der Waals surface area contributed by atoms with Crippen LogP contribution in [0, 0.1) is 0 Å². The molecular formula is C11H11N3O3. The van der Waals surface area contributed by atoms with Crippen LogP contribution in [0.15, 0.2) is 27.8 Å². The quantitative estimate of drug-likeness (QED) is 0.682. The van der Waals surface area contributed by atoms with Gasteiger partial charge in [-0.05, 0) is 12.1 Å². The van der Waals surface area contributed by atoms with Gasteiger partial charge in [-0.2, -0.15) is 0 Å². The number of aromatic nitrogens is 2. The van der Waals surface area contributed by atoms with Crippen molar-refractivity contribution in [2.75, 3.05) is 18.5 Å². The minimum absolute atomic E-state index is 0.208. The third-order valence-corrected chi connectivity index (χ3v) is 2.82. The molecule has 6 nitrogen and oxygen atoms in total. The number of H-pyrrole nitrogens is 2. The van der Waals surface area contributed by atoms with Gasteiger partial charge in [0.05, 0.1) is 30.0 Å². The topological polar surface area (TPSA) is 87.0 Å². The molecule has 0 radical (unpaired) electrons. The van der Waals surface area contributed by atoms with E-state index in [9.17, 15) is 9.59 Å². The molecule has 3 rings (SSSR count). The Bertz CT molecular complexity index is 669. The number of aromatic amines is 2. The fourth-order valence-electron chi connectivity index (χ4n) is 1.89. The first-order chi connectivity index (χ1) is 8.25. The molecule has 1 saturated heterocycles. The molecule has 1 aromatic carbocycles. The molecule has 0 amide bonds. The zero-order valence-corrected chi connectivity index (χ0v) is 8.95. The number of hydrogen-bond donors (Lipinski definition) is 3. The molecule has 1 aromatic heterocycles. The summed E-state index contributed by atoms with van der Waals surface area (Å²) in [6.45, 7) is 1.25. The summed E-state index contributed by atoms with van der Waals surface area (Å²) < 4.78 is 5.06. The summed E-state index contributed by atoms with van der Waals surface area (Å²) in [5.41, 5.74) is 0.0687. The van der Waals surface area contributed by atoms with E-state index in [1.165, 1.54) is 0 Å². The van der Waals surface area contributed by atoms with E-state index in [1.807, 2.05) is 0 Å². The van der Waals surface area contributed by atoms with Crippen molar-refractivity contribution in [2.45, 2.75) is 6.04 Å². The van der Waals surface area contributed by atoms with Gasteiger partial charge in [0.15, 0.2) is 0 Å². The monoisotopic (exact) mass is 233 g/mol. The maximum Gasteiger partial charge on any atom is 0.272 e. The summed E-state index contributed by atoms with van der Waals surface area (Å²) >= 11 is 0. The Morgan fingerprint density at radius 3 is 2.65 bits per heavy atom. The highest BCUT2D eigenvalue weighted by Gasteiger charge is 2.19. The molecule has 2 heterocycles. The molecule has 3 N–H and O–H groups in total. The highest BCUT2D eigenvalue weighted by atomic mass is 16.5. The summed E-state index contributed by atoms with van der Waals surface area (Å²) in [7, 11) is 0. The average Bonchev–Trinajstić information content (AvgIpc) is 2.29. The van der Waals surface area contributed by atoms with Crippen LogP contribution in [-0.2, 0) is 4.74 Å². The van der Waals surface area contributed by atoms with Crippen molar-refractivity contribution in [1.82, 2.24) is 10.2 Å². The Morgan fingerprint density at radius 1 is 1.18 bits per heavy atom. The van der Waals surface area contributed by atoms with E-state index in [0.29, 0.717) is 29.7 Å². The van der Waals surface area contributed by atoms with Crippen LogP contribution < -0.4 is 16.4 Å². The normalized spacial score (nSPS) is 15.8. The van der Waals surface area contributed by atoms with Gasteiger partial charge in [-0.3, -0.25) is 19.8 Å². The number of ether oxygens (including phenoxy) is 1. The first kappa shape index (κ1) is 10.1. The van der Waals surface area contributed by atoms with Crippen LogP contribution in [0.3, 0.4) is 0 Å². The lowest BCUT2D eigenvalue weighted by Gasteiger charge is -2.28. The largest absolute Gasteiger partial charge is 0.377 e. The van der Waals surface area contributed by atoms with Crippen molar-refractivity contribution in [3.8, 4) is 0 Å². The van der Waals surface area contributed by atoms with Crippen molar-refractivity contribution < 1.29 is 4.74 Å². The van der Waals surface area contributed by atoms with E-state index in [2.05, 4.69) is 15.5 Å². The van der Waals surface area contributed by atoms with E-state index in [1.54, 1.807) is 18.2 Å². The fraction of sp³-hybridized carbons (Fsp3) is 0.273. The standard InChI is InChI=1S/C11H11N3O3/c15-10-7-2-1-3-8(12-6-4-17-5-6)9(7)11(16)14-13-10/h1-3,6,12H,4-5H2,(H,13,15)(H,14,16). The zero-order chi connectivity index (χ0) is 11.8. The summed E-state index contributed by atoms with van der Waals surface area (Å²) in [6, 6.07) is 5.37. The van der Waals surface area contributed by atoms with E-state index in [0.717, 1.165) is 0 Å². The Hall–Kier alpha value is -2.08. The average molecular weight is 233 g/mol. The molecule has 17 heavy (non-hydrogen) atoms. The molecule has 0 saturated carbocycles. The maximum absolute atomic E-state index is 11.7. The van der Waals surface area contributed by atoms with Crippen LogP contribution in [0.5, 0.6) is 0 Å². The van der Waals surface area contributed by atoms with Crippen LogP contribution in [0.2, 0.25) is 0 Å². The van der Waals surface area contributed by atoms with Crippen molar-refractivity contribution >= 4 is 16.5 Å². The Morgan fingerprint density at radius 2 is 1.94 bits per heavy atom. The number of hydrogen-bond acceptors (Lipinski definition) is 4. The van der Waals surface area contributed by atoms with Crippen LogP contribution in [-0.4, -0.2) is 29.5 Å². The van der Waals surface area contributed by atoms with Gasteiger partial charge in [-0.1, -0.05) is 6.07 Å². The van der Waals surface area contributed by atoms with Crippen LogP contribution in [0.1, 0.15) is 0 Å².